The number of aryl methyl sites for hydroxylation is 1. The summed E-state index contributed by atoms with van der Waals surface area (Å²) in [5, 5.41) is 9.67. The number of carbonyl (C=O) groups is 1. The van der Waals surface area contributed by atoms with Gasteiger partial charge in [0.2, 0.25) is 0 Å². The molecule has 0 saturated carbocycles. The van der Waals surface area contributed by atoms with Gasteiger partial charge < -0.3 is 9.84 Å². The molecule has 4 bridgehead atoms. The smallest absolute Gasteiger partial charge is 0.338 e. The van der Waals surface area contributed by atoms with Crippen LogP contribution in [0, 0.1) is 24.4 Å². The molecular weight excluding hydrogens is 471 g/mol. The van der Waals surface area contributed by atoms with Gasteiger partial charge in [-0.3, -0.25) is 4.72 Å². The molecule has 2 N–H and O–H groups in total. The van der Waals surface area contributed by atoms with Crippen LogP contribution in [0.4, 0.5) is 18.9 Å². The van der Waals surface area contributed by atoms with Gasteiger partial charge in [-0.05, 0) is 48.4 Å². The van der Waals surface area contributed by atoms with Crippen LogP contribution in [-0.4, -0.2) is 19.5 Å². The summed E-state index contributed by atoms with van der Waals surface area (Å²) in [6, 6.07) is 5.20. The van der Waals surface area contributed by atoms with E-state index >= 15 is 0 Å². The summed E-state index contributed by atoms with van der Waals surface area (Å²) in [5.74, 6) is -4.96. The molecule has 1 heterocycles. The number of ether oxygens (including phenoxy) is 1. The lowest BCUT2D eigenvalue weighted by Gasteiger charge is -2.16. The van der Waals surface area contributed by atoms with Crippen LogP contribution < -0.4 is 4.72 Å². The Hall–Kier alpha value is -3.24. The van der Waals surface area contributed by atoms with Gasteiger partial charge in [0.05, 0.1) is 16.3 Å². The zero-order valence-electron chi connectivity index (χ0n) is 16.2. The maximum Gasteiger partial charge on any atom is 0.338 e. The molecule has 0 unspecified atom stereocenters. The van der Waals surface area contributed by atoms with E-state index in [0.29, 0.717) is 11.6 Å². The Morgan fingerprint density at radius 2 is 1.75 bits per heavy atom. The van der Waals surface area contributed by atoms with E-state index in [1.54, 1.807) is 0 Å². The maximum atomic E-state index is 14.7. The number of phenolic OH excluding ortho intramolecular Hbond substituents is 1. The molecule has 1 aliphatic heterocycles. The normalized spacial score (nSPS) is 14.8. The number of fused-ring (bicyclic) bond motifs is 6. The second-order valence-electron chi connectivity index (χ2n) is 7.05. The summed E-state index contributed by atoms with van der Waals surface area (Å²) < 4.78 is 76.1. The number of anilines is 1. The third-order valence-corrected chi connectivity index (χ3v) is 6.60. The maximum absolute atomic E-state index is 14.7. The predicted octanol–water partition coefficient (Wildman–Crippen LogP) is 4.91. The Morgan fingerprint density at radius 3 is 2.47 bits per heavy atom. The van der Waals surface area contributed by atoms with Crippen molar-refractivity contribution in [3.8, 4) is 16.9 Å². The highest BCUT2D eigenvalue weighted by molar-refractivity contribution is 7.92. The van der Waals surface area contributed by atoms with Gasteiger partial charge in [0.15, 0.2) is 5.75 Å². The Morgan fingerprint density at radius 1 is 1.03 bits per heavy atom. The Kier molecular flexibility index (Phi) is 5.30. The van der Waals surface area contributed by atoms with Crippen LogP contribution in [0.5, 0.6) is 5.75 Å². The van der Waals surface area contributed by atoms with Gasteiger partial charge in [0, 0.05) is 17.2 Å². The highest BCUT2D eigenvalue weighted by Crippen LogP contribution is 2.37. The standard InChI is InChI=1S/C21H13ClF3NO5S/c1-9-2-11(23)5-12-13-6-18(17(25)7-16(13)24)26-32(29,30)19-4-10(3-15(22)20(19)27)21(28)31-8-14(9)12/h2-7,26-27H,8H2,1H3. The number of hydrogen-bond donors (Lipinski definition) is 2. The number of sulfonamides is 1. The Labute approximate surface area is 185 Å². The van der Waals surface area contributed by atoms with E-state index in [4.69, 9.17) is 16.3 Å². The fraction of sp³-hybridized carbons (Fsp3) is 0.0952. The molecule has 0 fully saturated rings. The fourth-order valence-corrected chi connectivity index (χ4v) is 4.83. The molecule has 1 aliphatic rings. The molecule has 0 aromatic heterocycles. The number of cyclic esters (lactones) is 1. The van der Waals surface area contributed by atoms with Crippen molar-refractivity contribution < 1.29 is 36.2 Å². The number of nitrogens with one attached hydrogen (secondary N) is 1. The number of hydrogen-bond acceptors (Lipinski definition) is 5. The van der Waals surface area contributed by atoms with Crippen LogP contribution in [0.1, 0.15) is 21.5 Å². The summed E-state index contributed by atoms with van der Waals surface area (Å²) in [6.45, 7) is 1.08. The van der Waals surface area contributed by atoms with Gasteiger partial charge in [-0.1, -0.05) is 11.6 Å². The quantitative estimate of drug-likeness (QED) is 0.443. The van der Waals surface area contributed by atoms with E-state index in [1.807, 2.05) is 4.72 Å². The molecule has 166 valence electrons. The van der Waals surface area contributed by atoms with Crippen molar-refractivity contribution in [2.24, 2.45) is 0 Å². The monoisotopic (exact) mass is 483 g/mol. The van der Waals surface area contributed by atoms with Gasteiger partial charge in [-0.2, -0.15) is 0 Å². The van der Waals surface area contributed by atoms with Gasteiger partial charge in [0.25, 0.3) is 10.0 Å². The zero-order valence-corrected chi connectivity index (χ0v) is 17.7. The summed E-state index contributed by atoms with van der Waals surface area (Å²) in [7, 11) is -4.69. The molecule has 0 spiro atoms. The molecule has 0 radical (unpaired) electrons. The van der Waals surface area contributed by atoms with E-state index in [1.165, 1.54) is 6.92 Å². The van der Waals surface area contributed by atoms with Crippen LogP contribution >= 0.6 is 11.6 Å². The summed E-state index contributed by atoms with van der Waals surface area (Å²) >= 11 is 5.88. The van der Waals surface area contributed by atoms with E-state index in [0.717, 1.165) is 30.3 Å². The molecule has 6 nitrogen and oxygen atoms in total. The molecule has 3 aromatic rings. The average molecular weight is 484 g/mol. The molecule has 11 heteroatoms. The predicted molar refractivity (Wildman–Crippen MR) is 110 cm³/mol. The van der Waals surface area contributed by atoms with Gasteiger partial charge >= 0.3 is 5.97 Å². The van der Waals surface area contributed by atoms with E-state index in [2.05, 4.69) is 0 Å². The first kappa shape index (κ1) is 22.0. The van der Waals surface area contributed by atoms with Crippen molar-refractivity contribution in [3.05, 3.63) is 75.6 Å². The molecule has 0 atom stereocenters. The van der Waals surface area contributed by atoms with Crippen LogP contribution in [-0.2, 0) is 21.4 Å². The van der Waals surface area contributed by atoms with E-state index < -0.39 is 61.4 Å². The van der Waals surface area contributed by atoms with Crippen LogP contribution in [0.2, 0.25) is 5.02 Å². The number of rotatable bonds is 0. The van der Waals surface area contributed by atoms with E-state index in [-0.39, 0.29) is 22.3 Å². The SMILES string of the molecule is Cc1cc(F)cc2c1COC(=O)c1cc(Cl)c(O)c(c1)S(=O)(=O)Nc1cc-2c(F)cc1F. The van der Waals surface area contributed by atoms with Crippen molar-refractivity contribution in [2.75, 3.05) is 4.72 Å². The van der Waals surface area contributed by atoms with Gasteiger partial charge in [-0.25, -0.2) is 26.4 Å². The molecule has 0 aliphatic carbocycles. The minimum atomic E-state index is -4.69. The number of benzene rings is 3. The third kappa shape index (κ3) is 3.76. The minimum Gasteiger partial charge on any atom is -0.505 e. The summed E-state index contributed by atoms with van der Waals surface area (Å²) in [6.07, 6.45) is 0. The largest absolute Gasteiger partial charge is 0.505 e. The number of esters is 1. The van der Waals surface area contributed by atoms with Crippen molar-refractivity contribution in [1.29, 1.82) is 0 Å². The number of aromatic hydroxyl groups is 1. The number of halogens is 4. The van der Waals surface area contributed by atoms with Crippen LogP contribution in [0.25, 0.3) is 11.1 Å². The second-order valence-corrected chi connectivity index (χ2v) is 9.11. The lowest BCUT2D eigenvalue weighted by molar-refractivity contribution is 0.0472. The highest BCUT2D eigenvalue weighted by atomic mass is 35.5. The lowest BCUT2D eigenvalue weighted by Crippen LogP contribution is -2.15. The van der Waals surface area contributed by atoms with Crippen LogP contribution in [0.3, 0.4) is 0 Å². The molecule has 3 aromatic carbocycles. The first-order valence-corrected chi connectivity index (χ1v) is 10.8. The second kappa shape index (κ2) is 7.72. The zero-order chi connectivity index (χ0) is 23.4. The topological polar surface area (TPSA) is 92.7 Å². The lowest BCUT2D eigenvalue weighted by atomic mass is 9.95. The summed E-state index contributed by atoms with van der Waals surface area (Å²) in [4.78, 5) is 11.7. The van der Waals surface area contributed by atoms with Gasteiger partial charge in [0.1, 0.15) is 29.0 Å². The molecule has 0 saturated heterocycles. The number of phenols is 1. The highest BCUT2D eigenvalue weighted by Gasteiger charge is 2.27. The Balaban J connectivity index is 2.05. The molecular formula is C21H13ClF3NO5S. The molecule has 0 amide bonds. The average Bonchev–Trinajstić information content (AvgIpc) is 2.70. The Bertz CT molecular complexity index is 1410. The minimum absolute atomic E-state index is 0.0555. The van der Waals surface area contributed by atoms with Crippen molar-refractivity contribution >= 4 is 33.3 Å². The first-order valence-electron chi connectivity index (χ1n) is 8.99. The van der Waals surface area contributed by atoms with Crippen molar-refractivity contribution in [3.63, 3.8) is 0 Å². The summed E-state index contributed by atoms with van der Waals surface area (Å²) in [5.41, 5.74) is -0.818. The fourth-order valence-electron chi connectivity index (χ4n) is 3.36. The molecule has 4 rings (SSSR count). The van der Waals surface area contributed by atoms with E-state index in [9.17, 15) is 31.5 Å². The van der Waals surface area contributed by atoms with Gasteiger partial charge in [-0.15, -0.1) is 0 Å². The van der Waals surface area contributed by atoms with Crippen molar-refractivity contribution in [2.45, 2.75) is 18.4 Å². The molecule has 32 heavy (non-hydrogen) atoms. The van der Waals surface area contributed by atoms with Crippen LogP contribution in [0.15, 0.2) is 41.3 Å². The first-order chi connectivity index (χ1) is 15.0. The number of carbonyl (C=O) groups excluding carboxylic acids is 1. The third-order valence-electron chi connectivity index (χ3n) is 4.93. The van der Waals surface area contributed by atoms with Crippen molar-refractivity contribution in [1.82, 2.24) is 0 Å².